The Morgan fingerprint density at radius 2 is 1.68 bits per heavy atom. The van der Waals surface area contributed by atoms with Crippen LogP contribution in [0, 0.1) is 40.4 Å². The molecule has 0 spiro atoms. The van der Waals surface area contributed by atoms with Gasteiger partial charge in [0.2, 0.25) is 5.91 Å². The fourth-order valence-electron chi connectivity index (χ4n) is 9.06. The Balaban J connectivity index is 1.38. The predicted octanol–water partition coefficient (Wildman–Crippen LogP) is 5.99. The number of ketones is 1. The number of likely N-dealkylation sites (tertiary alicyclic amines) is 1. The summed E-state index contributed by atoms with van der Waals surface area (Å²) in [6, 6.07) is 10.3. The van der Waals surface area contributed by atoms with Crippen LogP contribution in [0.3, 0.4) is 0 Å². The van der Waals surface area contributed by atoms with E-state index in [4.69, 9.17) is 0 Å². The molecule has 4 aliphatic rings. The van der Waals surface area contributed by atoms with Gasteiger partial charge in [0.25, 0.3) is 0 Å². The van der Waals surface area contributed by atoms with E-state index in [1.807, 2.05) is 37.4 Å². The highest BCUT2D eigenvalue weighted by Crippen LogP contribution is 2.67. The predicted molar refractivity (Wildman–Crippen MR) is 124 cm³/mol. The average molecular weight is 422 g/mol. The van der Waals surface area contributed by atoms with Gasteiger partial charge >= 0.3 is 0 Å². The van der Waals surface area contributed by atoms with Crippen molar-refractivity contribution in [1.29, 1.82) is 0 Å². The molecule has 1 saturated heterocycles. The quantitative estimate of drug-likeness (QED) is 0.563. The summed E-state index contributed by atoms with van der Waals surface area (Å²) < 4.78 is 0. The van der Waals surface area contributed by atoms with Gasteiger partial charge in [-0.25, -0.2) is 0 Å². The zero-order chi connectivity index (χ0) is 22.0. The van der Waals surface area contributed by atoms with Gasteiger partial charge in [0.15, 0.2) is 5.78 Å². The molecule has 1 unspecified atom stereocenters. The first-order valence-corrected chi connectivity index (χ1v) is 12.6. The monoisotopic (exact) mass is 421 g/mol. The van der Waals surface area contributed by atoms with Gasteiger partial charge in [-0.05, 0) is 79.4 Å². The molecule has 3 aliphatic carbocycles. The molecule has 1 aromatic rings. The summed E-state index contributed by atoms with van der Waals surface area (Å²) in [4.78, 5) is 27.8. The van der Waals surface area contributed by atoms with E-state index in [2.05, 4.69) is 25.7 Å². The number of Topliss-reactive ketones (excluding diaryl/α,β-unsaturated/α-hetero) is 1. The number of amides is 1. The fraction of sp³-hybridized carbons (Fsp3) is 0.714. The summed E-state index contributed by atoms with van der Waals surface area (Å²) in [6.45, 7) is 7.21. The van der Waals surface area contributed by atoms with Crippen LogP contribution in [0.25, 0.3) is 0 Å². The third-order valence-corrected chi connectivity index (χ3v) is 10.7. The summed E-state index contributed by atoms with van der Waals surface area (Å²) in [7, 11) is 2.04. The number of nitrogens with zero attached hydrogens (tertiary/aromatic N) is 1. The Morgan fingerprint density at radius 1 is 0.968 bits per heavy atom. The highest BCUT2D eigenvalue weighted by Gasteiger charge is 2.61. The lowest BCUT2D eigenvalue weighted by molar-refractivity contribution is -0.158. The van der Waals surface area contributed by atoms with Crippen LogP contribution in [0.1, 0.15) is 82.5 Å². The molecule has 5 rings (SSSR count). The molecule has 31 heavy (non-hydrogen) atoms. The standard InChI is InChI=1S/C28H39NO2/c1-18(26(31)19-8-6-5-7-9-19)21-11-12-22-20-10-13-24-28(3,17-15-25(30)29(24)4)23(20)14-16-27(21,22)2/h5-9,18,20-24H,10-17H2,1-4H3/t18?,20-,21+,22-,23-,24+,27+,28+/m0/s1. The normalized spacial score (nSPS) is 43.0. The Bertz CT molecular complexity index is 865. The second-order valence-corrected chi connectivity index (χ2v) is 11.7. The van der Waals surface area contributed by atoms with Crippen molar-refractivity contribution in [3.05, 3.63) is 35.9 Å². The van der Waals surface area contributed by atoms with E-state index >= 15 is 0 Å². The van der Waals surface area contributed by atoms with Gasteiger partial charge in [0.05, 0.1) is 0 Å². The Hall–Kier alpha value is -1.64. The van der Waals surface area contributed by atoms with Crippen LogP contribution in [-0.2, 0) is 4.79 Å². The second-order valence-electron chi connectivity index (χ2n) is 11.7. The molecule has 1 heterocycles. The number of fused-ring (bicyclic) bond motifs is 5. The summed E-state index contributed by atoms with van der Waals surface area (Å²) in [5.41, 5.74) is 1.43. The summed E-state index contributed by atoms with van der Waals surface area (Å²) >= 11 is 0. The Kier molecular flexibility index (Phi) is 5.10. The average Bonchev–Trinajstić information content (AvgIpc) is 3.13. The van der Waals surface area contributed by atoms with E-state index < -0.39 is 0 Å². The van der Waals surface area contributed by atoms with E-state index in [9.17, 15) is 9.59 Å². The van der Waals surface area contributed by atoms with Crippen molar-refractivity contribution in [2.24, 2.45) is 40.4 Å². The maximum absolute atomic E-state index is 13.3. The minimum atomic E-state index is 0.0966. The highest BCUT2D eigenvalue weighted by molar-refractivity contribution is 5.97. The van der Waals surface area contributed by atoms with Crippen molar-refractivity contribution in [3.63, 3.8) is 0 Å². The van der Waals surface area contributed by atoms with Gasteiger partial charge < -0.3 is 4.90 Å². The van der Waals surface area contributed by atoms with Gasteiger partial charge in [-0.15, -0.1) is 0 Å². The largest absolute Gasteiger partial charge is 0.342 e. The van der Waals surface area contributed by atoms with E-state index in [0.717, 1.165) is 42.6 Å². The van der Waals surface area contributed by atoms with Crippen LogP contribution in [0.4, 0.5) is 0 Å². The molecule has 3 saturated carbocycles. The molecule has 1 aliphatic heterocycles. The molecule has 0 N–H and O–H groups in total. The topological polar surface area (TPSA) is 37.4 Å². The van der Waals surface area contributed by atoms with Crippen LogP contribution < -0.4 is 0 Å². The van der Waals surface area contributed by atoms with Crippen LogP contribution in [0.15, 0.2) is 30.3 Å². The molecule has 168 valence electrons. The number of hydrogen-bond acceptors (Lipinski definition) is 2. The minimum Gasteiger partial charge on any atom is -0.342 e. The van der Waals surface area contributed by atoms with Crippen molar-refractivity contribution >= 4 is 11.7 Å². The number of benzene rings is 1. The smallest absolute Gasteiger partial charge is 0.222 e. The number of rotatable bonds is 3. The third-order valence-electron chi connectivity index (χ3n) is 10.7. The van der Waals surface area contributed by atoms with Crippen LogP contribution >= 0.6 is 0 Å². The first-order valence-electron chi connectivity index (χ1n) is 12.6. The van der Waals surface area contributed by atoms with Gasteiger partial charge in [-0.2, -0.15) is 0 Å². The molecule has 3 nitrogen and oxygen atoms in total. The second kappa shape index (κ2) is 7.46. The van der Waals surface area contributed by atoms with Crippen LogP contribution in [0.2, 0.25) is 0 Å². The Morgan fingerprint density at radius 3 is 2.42 bits per heavy atom. The third kappa shape index (κ3) is 3.05. The molecule has 1 aromatic carbocycles. The number of carbonyl (C=O) groups is 2. The maximum Gasteiger partial charge on any atom is 0.222 e. The highest BCUT2D eigenvalue weighted by atomic mass is 16.2. The number of hydrogen-bond donors (Lipinski definition) is 0. The SMILES string of the molecule is CC(C(=O)c1ccccc1)[C@H]1CC[C@H]2[C@@H]3CC[C@H]4N(C)C(=O)CC[C@]4(C)[C@H]3CC[C@]12C. The zero-order valence-corrected chi connectivity index (χ0v) is 19.8. The van der Waals surface area contributed by atoms with Crippen molar-refractivity contribution in [1.82, 2.24) is 4.90 Å². The van der Waals surface area contributed by atoms with E-state index in [0.29, 0.717) is 23.7 Å². The van der Waals surface area contributed by atoms with Crippen molar-refractivity contribution in [3.8, 4) is 0 Å². The van der Waals surface area contributed by atoms with E-state index in [1.165, 1.54) is 32.1 Å². The number of carbonyl (C=O) groups excluding carboxylic acids is 2. The summed E-state index contributed by atoms with van der Waals surface area (Å²) in [6.07, 6.45) is 9.21. The molecular formula is C28H39NO2. The van der Waals surface area contributed by atoms with E-state index in [1.54, 1.807) is 0 Å². The Labute approximate surface area is 188 Å². The molecule has 8 atom stereocenters. The first-order chi connectivity index (χ1) is 14.8. The van der Waals surface area contributed by atoms with Gasteiger partial charge in [-0.3, -0.25) is 9.59 Å². The molecule has 4 fully saturated rings. The van der Waals surface area contributed by atoms with Crippen molar-refractivity contribution < 1.29 is 9.59 Å². The molecule has 3 heteroatoms. The lowest BCUT2D eigenvalue weighted by atomic mass is 9.46. The fourth-order valence-corrected chi connectivity index (χ4v) is 9.06. The molecule has 0 aromatic heterocycles. The molecular weight excluding hydrogens is 382 g/mol. The number of piperidine rings is 1. The minimum absolute atomic E-state index is 0.0966. The lowest BCUT2D eigenvalue weighted by Gasteiger charge is -2.62. The van der Waals surface area contributed by atoms with Crippen molar-refractivity contribution in [2.45, 2.75) is 78.2 Å². The van der Waals surface area contributed by atoms with Gasteiger partial charge in [-0.1, -0.05) is 51.1 Å². The van der Waals surface area contributed by atoms with Gasteiger partial charge in [0, 0.05) is 31.0 Å². The van der Waals surface area contributed by atoms with Gasteiger partial charge in [0.1, 0.15) is 0 Å². The summed E-state index contributed by atoms with van der Waals surface area (Å²) in [5.74, 6) is 3.51. The summed E-state index contributed by atoms with van der Waals surface area (Å²) in [5, 5.41) is 0. The lowest BCUT2D eigenvalue weighted by Crippen LogP contribution is -2.61. The maximum atomic E-state index is 13.3. The molecule has 0 bridgehead atoms. The van der Waals surface area contributed by atoms with Crippen LogP contribution in [-0.4, -0.2) is 29.7 Å². The zero-order valence-electron chi connectivity index (χ0n) is 19.8. The molecule has 0 radical (unpaired) electrons. The van der Waals surface area contributed by atoms with Crippen LogP contribution in [0.5, 0.6) is 0 Å². The molecule has 1 amide bonds. The van der Waals surface area contributed by atoms with Crippen molar-refractivity contribution in [2.75, 3.05) is 7.05 Å². The van der Waals surface area contributed by atoms with E-state index in [-0.39, 0.29) is 16.7 Å². The first kappa shape index (κ1) is 21.2.